The van der Waals surface area contributed by atoms with Crippen LogP contribution in [-0.4, -0.2) is 27.9 Å². The van der Waals surface area contributed by atoms with Crippen molar-refractivity contribution in [1.82, 2.24) is 0 Å². The number of alkyl halides is 1. The van der Waals surface area contributed by atoms with Crippen molar-refractivity contribution in [1.29, 1.82) is 0 Å². The minimum atomic E-state index is 0.482. The molecule has 0 amide bonds. The zero-order valence-corrected chi connectivity index (χ0v) is 15.3. The van der Waals surface area contributed by atoms with Crippen LogP contribution in [0.4, 0.5) is 0 Å². The molecule has 103 valence electrons. The zero-order chi connectivity index (χ0) is 12.8. The molecule has 3 radical (unpaired) electrons. The van der Waals surface area contributed by atoms with Gasteiger partial charge in [0.2, 0.25) is 0 Å². The maximum absolute atomic E-state index is 6.83. The summed E-state index contributed by atoms with van der Waals surface area (Å²) >= 11 is 8.49. The molecule has 0 heterocycles. The summed E-state index contributed by atoms with van der Waals surface area (Å²) in [5, 5.41) is 0.482. The van der Waals surface area contributed by atoms with Crippen LogP contribution in [0.2, 0.25) is 4.44 Å². The second kappa shape index (κ2) is 8.39. The molecule has 0 saturated heterocycles. The third kappa shape index (κ3) is 4.30. The van der Waals surface area contributed by atoms with Gasteiger partial charge in [-0.15, -0.1) is 0 Å². The molecule has 2 aliphatic carbocycles. The van der Waals surface area contributed by atoms with Gasteiger partial charge in [-0.05, 0) is 0 Å². The van der Waals surface area contributed by atoms with E-state index in [1.807, 2.05) is 0 Å². The number of hydrogen-bond donors (Lipinski definition) is 0. The first kappa shape index (κ1) is 15.5. The van der Waals surface area contributed by atoms with Crippen molar-refractivity contribution in [3.63, 3.8) is 0 Å². The molecule has 2 aliphatic rings. The van der Waals surface area contributed by atoms with Crippen molar-refractivity contribution < 1.29 is 0 Å². The van der Waals surface area contributed by atoms with Crippen molar-refractivity contribution in [2.45, 2.75) is 80.4 Å². The minimum absolute atomic E-state index is 0.482. The standard InChI is InChI=1S/C16H28Cl.Sn/c1-2-15(17)16(13-9-5-3-6-10-13)14-11-7-4-8-12-14;/h13-16H,1-12H2;. The first-order valence-corrected chi connectivity index (χ1v) is 10.6. The first-order valence-electron chi connectivity index (χ1n) is 8.11. The third-order valence-corrected chi connectivity index (χ3v) is 6.56. The van der Waals surface area contributed by atoms with Crippen LogP contribution in [0.25, 0.3) is 0 Å². The van der Waals surface area contributed by atoms with Crippen molar-refractivity contribution in [3.8, 4) is 0 Å². The van der Waals surface area contributed by atoms with Gasteiger partial charge in [0, 0.05) is 0 Å². The summed E-state index contributed by atoms with van der Waals surface area (Å²) in [4.78, 5) is 0. The van der Waals surface area contributed by atoms with Crippen LogP contribution in [0.3, 0.4) is 0 Å². The Bertz CT molecular complexity index is 201. The molecule has 1 unspecified atom stereocenters. The average molecular weight is 375 g/mol. The van der Waals surface area contributed by atoms with E-state index in [9.17, 15) is 0 Å². The molecule has 0 aromatic carbocycles. The Labute approximate surface area is 132 Å². The molecule has 18 heavy (non-hydrogen) atoms. The van der Waals surface area contributed by atoms with E-state index in [-0.39, 0.29) is 0 Å². The van der Waals surface area contributed by atoms with Gasteiger partial charge in [-0.1, -0.05) is 0 Å². The van der Waals surface area contributed by atoms with E-state index in [4.69, 9.17) is 11.6 Å². The molecule has 0 nitrogen and oxygen atoms in total. The monoisotopic (exact) mass is 375 g/mol. The molecule has 2 saturated carbocycles. The number of hydrogen-bond acceptors (Lipinski definition) is 0. The number of halogens is 1. The van der Waals surface area contributed by atoms with Crippen LogP contribution in [0.5, 0.6) is 0 Å². The summed E-state index contributed by atoms with van der Waals surface area (Å²) in [6, 6.07) is 0. The summed E-state index contributed by atoms with van der Waals surface area (Å²) in [6.07, 6.45) is 16.0. The molecular weight excluding hydrogens is 346 g/mol. The van der Waals surface area contributed by atoms with Crippen LogP contribution in [0.15, 0.2) is 0 Å². The van der Waals surface area contributed by atoms with Crippen molar-refractivity contribution in [2.75, 3.05) is 0 Å². The fraction of sp³-hybridized carbons (Fsp3) is 1.00. The molecule has 0 bridgehead atoms. The van der Waals surface area contributed by atoms with Gasteiger partial charge in [0.15, 0.2) is 0 Å². The van der Waals surface area contributed by atoms with Crippen LogP contribution in [0.1, 0.15) is 70.6 Å². The Kier molecular flexibility index (Phi) is 7.22. The van der Waals surface area contributed by atoms with Gasteiger partial charge in [0.05, 0.1) is 0 Å². The summed E-state index contributed by atoms with van der Waals surface area (Å²) in [5.41, 5.74) is 0. The first-order chi connectivity index (χ1) is 8.83. The Morgan fingerprint density at radius 2 is 1.28 bits per heavy atom. The van der Waals surface area contributed by atoms with E-state index in [1.54, 1.807) is 22.5 Å². The van der Waals surface area contributed by atoms with Crippen LogP contribution >= 0.6 is 11.6 Å². The van der Waals surface area contributed by atoms with E-state index < -0.39 is 0 Å². The van der Waals surface area contributed by atoms with Gasteiger partial charge in [-0.3, -0.25) is 0 Å². The quantitative estimate of drug-likeness (QED) is 0.450. The van der Waals surface area contributed by atoms with E-state index in [2.05, 4.69) is 0 Å². The summed E-state index contributed by atoms with van der Waals surface area (Å²) in [6.45, 7) is 0. The van der Waals surface area contributed by atoms with Gasteiger partial charge >= 0.3 is 132 Å². The molecule has 0 aromatic heterocycles. The summed E-state index contributed by atoms with van der Waals surface area (Å²) in [7, 11) is 0. The SMILES string of the molecule is ClC(C[CH2][Sn])C(C1CCCCC1)C1CCCCC1. The van der Waals surface area contributed by atoms with E-state index in [0.29, 0.717) is 5.38 Å². The molecule has 0 N–H and O–H groups in total. The molecule has 2 rings (SSSR count). The average Bonchev–Trinajstić information content (AvgIpc) is 2.42. The van der Waals surface area contributed by atoms with E-state index in [0.717, 1.165) is 17.8 Å². The second-order valence-corrected chi connectivity index (χ2v) is 8.42. The van der Waals surface area contributed by atoms with Gasteiger partial charge in [0.25, 0.3) is 0 Å². The Hall–Kier alpha value is 1.09. The van der Waals surface area contributed by atoms with Crippen LogP contribution in [-0.2, 0) is 0 Å². The fourth-order valence-corrected chi connectivity index (χ4v) is 6.27. The van der Waals surface area contributed by atoms with Gasteiger partial charge in [0.1, 0.15) is 0 Å². The molecule has 1 atom stereocenters. The Morgan fingerprint density at radius 1 is 0.833 bits per heavy atom. The fourth-order valence-electron chi connectivity index (χ4n) is 4.34. The maximum atomic E-state index is 6.83. The molecular formula is C16H28ClSn. The molecule has 0 spiro atoms. The van der Waals surface area contributed by atoms with Crippen LogP contribution in [0, 0.1) is 17.8 Å². The molecule has 2 heteroatoms. The summed E-state index contributed by atoms with van der Waals surface area (Å²) < 4.78 is 1.34. The predicted octanol–water partition coefficient (Wildman–Crippen LogP) is 5.35. The van der Waals surface area contributed by atoms with Gasteiger partial charge in [-0.25, -0.2) is 0 Å². The zero-order valence-electron chi connectivity index (χ0n) is 11.7. The van der Waals surface area contributed by atoms with Crippen LogP contribution < -0.4 is 0 Å². The normalized spacial score (nSPS) is 25.5. The molecule has 0 aliphatic heterocycles. The predicted molar refractivity (Wildman–Crippen MR) is 81.5 cm³/mol. The van der Waals surface area contributed by atoms with Gasteiger partial charge < -0.3 is 0 Å². The molecule has 2 fully saturated rings. The van der Waals surface area contributed by atoms with E-state index in [1.165, 1.54) is 75.1 Å². The Balaban J connectivity index is 2.00. The summed E-state index contributed by atoms with van der Waals surface area (Å²) in [5.74, 6) is 2.78. The topological polar surface area (TPSA) is 0 Å². The second-order valence-electron chi connectivity index (χ2n) is 6.43. The van der Waals surface area contributed by atoms with Crippen molar-refractivity contribution in [3.05, 3.63) is 0 Å². The third-order valence-electron chi connectivity index (χ3n) is 5.23. The Morgan fingerprint density at radius 3 is 1.67 bits per heavy atom. The molecule has 0 aromatic rings. The number of rotatable bonds is 5. The van der Waals surface area contributed by atoms with Gasteiger partial charge in [-0.2, -0.15) is 0 Å². The van der Waals surface area contributed by atoms with Crippen molar-refractivity contribution in [2.24, 2.45) is 17.8 Å². The van der Waals surface area contributed by atoms with Crippen molar-refractivity contribution >= 4 is 34.1 Å². The van der Waals surface area contributed by atoms with E-state index >= 15 is 0 Å².